The highest BCUT2D eigenvalue weighted by Crippen LogP contribution is 2.24. The normalized spacial score (nSPS) is 12.5. The SMILES string of the molecule is CCNCc1cc(S(=O)(=O)N(CCOC)C(C)C)cs1. The zero-order valence-corrected chi connectivity index (χ0v) is 14.2. The molecule has 116 valence electrons. The molecule has 1 heterocycles. The Bertz CT molecular complexity index is 497. The van der Waals surface area contributed by atoms with Gasteiger partial charge in [-0.1, -0.05) is 6.92 Å². The lowest BCUT2D eigenvalue weighted by atomic mass is 10.4. The Hall–Kier alpha value is -0.470. The lowest BCUT2D eigenvalue weighted by Gasteiger charge is -2.25. The third kappa shape index (κ3) is 4.53. The fourth-order valence-electron chi connectivity index (χ4n) is 1.81. The van der Waals surface area contributed by atoms with Gasteiger partial charge in [0.25, 0.3) is 0 Å². The first kappa shape index (κ1) is 17.6. The molecule has 0 radical (unpaired) electrons. The summed E-state index contributed by atoms with van der Waals surface area (Å²) in [6, 6.07) is 1.66. The van der Waals surface area contributed by atoms with Gasteiger partial charge in [-0.25, -0.2) is 8.42 Å². The minimum absolute atomic E-state index is 0.0905. The highest BCUT2D eigenvalue weighted by atomic mass is 32.2. The van der Waals surface area contributed by atoms with Crippen LogP contribution in [0.15, 0.2) is 16.3 Å². The molecule has 0 aromatic carbocycles. The first-order chi connectivity index (χ1) is 9.43. The van der Waals surface area contributed by atoms with Crippen molar-refractivity contribution in [1.82, 2.24) is 9.62 Å². The Labute approximate surface area is 126 Å². The summed E-state index contributed by atoms with van der Waals surface area (Å²) < 4.78 is 31.7. The molecule has 7 heteroatoms. The van der Waals surface area contributed by atoms with E-state index < -0.39 is 10.0 Å². The molecule has 1 N–H and O–H groups in total. The summed E-state index contributed by atoms with van der Waals surface area (Å²) in [6.07, 6.45) is 0. The van der Waals surface area contributed by atoms with Crippen molar-refractivity contribution >= 4 is 21.4 Å². The van der Waals surface area contributed by atoms with Gasteiger partial charge in [-0.05, 0) is 26.5 Å². The number of nitrogens with zero attached hydrogens (tertiary/aromatic N) is 1. The van der Waals surface area contributed by atoms with Crippen LogP contribution in [0.3, 0.4) is 0 Å². The zero-order valence-electron chi connectivity index (χ0n) is 12.5. The van der Waals surface area contributed by atoms with Crippen LogP contribution >= 0.6 is 11.3 Å². The van der Waals surface area contributed by atoms with Crippen molar-refractivity contribution in [2.75, 3.05) is 26.8 Å². The lowest BCUT2D eigenvalue weighted by molar-refractivity contribution is 0.171. The van der Waals surface area contributed by atoms with Crippen LogP contribution in [-0.2, 0) is 21.3 Å². The second-order valence-corrected chi connectivity index (χ2v) is 7.62. The average molecular weight is 320 g/mol. The molecule has 0 saturated carbocycles. The van der Waals surface area contributed by atoms with E-state index in [2.05, 4.69) is 5.32 Å². The molecule has 20 heavy (non-hydrogen) atoms. The van der Waals surface area contributed by atoms with E-state index in [1.807, 2.05) is 20.8 Å². The summed E-state index contributed by atoms with van der Waals surface area (Å²) in [5, 5.41) is 4.91. The summed E-state index contributed by atoms with van der Waals surface area (Å²) in [7, 11) is -1.87. The van der Waals surface area contributed by atoms with Crippen LogP contribution in [0.4, 0.5) is 0 Å². The van der Waals surface area contributed by atoms with E-state index in [0.717, 1.165) is 11.4 Å². The Kier molecular flexibility index (Phi) is 7.11. The monoisotopic (exact) mass is 320 g/mol. The van der Waals surface area contributed by atoms with Crippen molar-refractivity contribution in [3.63, 3.8) is 0 Å². The van der Waals surface area contributed by atoms with Gasteiger partial charge in [0.15, 0.2) is 0 Å². The average Bonchev–Trinajstić information content (AvgIpc) is 2.85. The van der Waals surface area contributed by atoms with Crippen LogP contribution in [0.5, 0.6) is 0 Å². The standard InChI is InChI=1S/C13H24N2O3S2/c1-5-14-9-12-8-13(10-19-12)20(16,17)15(11(2)3)6-7-18-4/h8,10-11,14H,5-7,9H2,1-4H3. The lowest BCUT2D eigenvalue weighted by Crippen LogP contribution is -2.39. The van der Waals surface area contributed by atoms with Crippen molar-refractivity contribution < 1.29 is 13.2 Å². The number of hydrogen-bond acceptors (Lipinski definition) is 5. The number of ether oxygens (including phenoxy) is 1. The molecule has 0 amide bonds. The Morgan fingerprint density at radius 1 is 1.45 bits per heavy atom. The minimum atomic E-state index is -3.44. The molecule has 1 aromatic heterocycles. The van der Waals surface area contributed by atoms with Crippen LogP contribution in [-0.4, -0.2) is 45.6 Å². The van der Waals surface area contributed by atoms with E-state index >= 15 is 0 Å². The largest absolute Gasteiger partial charge is 0.383 e. The molecule has 0 saturated heterocycles. The van der Waals surface area contributed by atoms with E-state index in [1.165, 1.54) is 15.6 Å². The van der Waals surface area contributed by atoms with Gasteiger partial charge in [0.2, 0.25) is 10.0 Å². The van der Waals surface area contributed by atoms with Crippen molar-refractivity contribution in [3.8, 4) is 0 Å². The molecule has 0 aliphatic rings. The van der Waals surface area contributed by atoms with Crippen molar-refractivity contribution in [2.24, 2.45) is 0 Å². The smallest absolute Gasteiger partial charge is 0.244 e. The third-order valence-electron chi connectivity index (χ3n) is 2.88. The molecule has 1 aromatic rings. The maximum absolute atomic E-state index is 12.6. The van der Waals surface area contributed by atoms with Crippen LogP contribution in [0.25, 0.3) is 0 Å². The number of rotatable bonds is 9. The van der Waals surface area contributed by atoms with E-state index in [-0.39, 0.29) is 6.04 Å². The van der Waals surface area contributed by atoms with Gasteiger partial charge in [-0.3, -0.25) is 0 Å². The number of thiophene rings is 1. The van der Waals surface area contributed by atoms with Gasteiger partial charge in [0, 0.05) is 36.5 Å². The van der Waals surface area contributed by atoms with Crippen LogP contribution < -0.4 is 5.32 Å². The van der Waals surface area contributed by atoms with Gasteiger partial charge >= 0.3 is 0 Å². The third-order valence-corrected chi connectivity index (χ3v) is 6.02. The molecular weight excluding hydrogens is 296 g/mol. The summed E-state index contributed by atoms with van der Waals surface area (Å²) in [5.74, 6) is 0. The van der Waals surface area contributed by atoms with Crippen LogP contribution in [0.1, 0.15) is 25.6 Å². The highest BCUT2D eigenvalue weighted by Gasteiger charge is 2.27. The fraction of sp³-hybridized carbons (Fsp3) is 0.692. The summed E-state index contributed by atoms with van der Waals surface area (Å²) in [4.78, 5) is 1.40. The van der Waals surface area contributed by atoms with Gasteiger partial charge in [-0.15, -0.1) is 11.3 Å². The predicted octanol–water partition coefficient (Wildman–Crippen LogP) is 1.90. The molecule has 0 spiro atoms. The van der Waals surface area contributed by atoms with E-state index in [1.54, 1.807) is 18.6 Å². The molecule has 0 aliphatic heterocycles. The minimum Gasteiger partial charge on any atom is -0.383 e. The topological polar surface area (TPSA) is 58.6 Å². The quantitative estimate of drug-likeness (QED) is 0.755. The van der Waals surface area contributed by atoms with Gasteiger partial charge in [0.05, 0.1) is 11.5 Å². The first-order valence-corrected chi connectivity index (χ1v) is 9.04. The second kappa shape index (κ2) is 8.09. The molecule has 0 bridgehead atoms. The molecule has 0 fully saturated rings. The molecule has 0 atom stereocenters. The zero-order chi connectivity index (χ0) is 15.2. The number of nitrogens with one attached hydrogen (secondary N) is 1. The summed E-state index contributed by atoms with van der Waals surface area (Å²) in [5.41, 5.74) is 0. The number of sulfonamides is 1. The van der Waals surface area contributed by atoms with Gasteiger partial charge in [-0.2, -0.15) is 4.31 Å². The van der Waals surface area contributed by atoms with E-state index in [0.29, 0.717) is 24.6 Å². The maximum atomic E-state index is 12.6. The fourth-order valence-corrected chi connectivity index (χ4v) is 4.66. The predicted molar refractivity (Wildman–Crippen MR) is 82.6 cm³/mol. The summed E-state index contributed by atoms with van der Waals surface area (Å²) >= 11 is 1.47. The molecule has 0 unspecified atom stereocenters. The van der Waals surface area contributed by atoms with Crippen molar-refractivity contribution in [1.29, 1.82) is 0 Å². The molecule has 1 rings (SSSR count). The summed E-state index contributed by atoms with van der Waals surface area (Å²) in [6.45, 7) is 8.11. The van der Waals surface area contributed by atoms with Crippen molar-refractivity contribution in [2.45, 2.75) is 38.3 Å². The van der Waals surface area contributed by atoms with Gasteiger partial charge in [0.1, 0.15) is 0 Å². The Morgan fingerprint density at radius 3 is 2.70 bits per heavy atom. The van der Waals surface area contributed by atoms with Crippen molar-refractivity contribution in [3.05, 3.63) is 16.3 Å². The molecule has 5 nitrogen and oxygen atoms in total. The number of hydrogen-bond donors (Lipinski definition) is 1. The van der Waals surface area contributed by atoms with E-state index in [9.17, 15) is 8.42 Å². The number of methoxy groups -OCH3 is 1. The first-order valence-electron chi connectivity index (χ1n) is 6.72. The van der Waals surface area contributed by atoms with Crippen LogP contribution in [0.2, 0.25) is 0 Å². The van der Waals surface area contributed by atoms with Gasteiger partial charge < -0.3 is 10.1 Å². The molecule has 0 aliphatic carbocycles. The van der Waals surface area contributed by atoms with E-state index in [4.69, 9.17) is 4.74 Å². The highest BCUT2D eigenvalue weighted by molar-refractivity contribution is 7.89. The van der Waals surface area contributed by atoms with Crippen LogP contribution in [0, 0.1) is 0 Å². The Morgan fingerprint density at radius 2 is 2.15 bits per heavy atom. The Balaban J connectivity index is 2.91. The molecular formula is C13H24N2O3S2. The maximum Gasteiger partial charge on any atom is 0.244 e. The second-order valence-electron chi connectivity index (χ2n) is 4.73.